The number of carbonyl (C=O) groups is 1. The molecular formula is C19H18FN3O. The Labute approximate surface area is 140 Å². The molecule has 5 heteroatoms. The third-order valence-electron chi connectivity index (χ3n) is 4.59. The smallest absolute Gasteiger partial charge is 0.225 e. The van der Waals surface area contributed by atoms with Crippen molar-refractivity contribution in [3.05, 3.63) is 65.0 Å². The first-order valence-corrected chi connectivity index (χ1v) is 7.84. The molecule has 2 atom stereocenters. The van der Waals surface area contributed by atoms with Crippen molar-refractivity contribution in [3.63, 3.8) is 0 Å². The second kappa shape index (κ2) is 6.32. The lowest BCUT2D eigenvalue weighted by Gasteiger charge is -2.40. The Morgan fingerprint density at radius 1 is 1.38 bits per heavy atom. The molecule has 1 aliphatic heterocycles. The van der Waals surface area contributed by atoms with Gasteiger partial charge in [0.15, 0.2) is 0 Å². The minimum Gasteiger partial charge on any atom is -0.369 e. The zero-order chi connectivity index (χ0) is 17.3. The predicted octanol–water partition coefficient (Wildman–Crippen LogP) is 3.07. The third kappa shape index (κ3) is 2.83. The molecule has 2 N–H and O–H groups in total. The monoisotopic (exact) mass is 323 g/mol. The summed E-state index contributed by atoms with van der Waals surface area (Å²) in [7, 11) is 0. The molecule has 1 amide bonds. The number of halogens is 1. The van der Waals surface area contributed by atoms with E-state index in [0.717, 1.165) is 11.3 Å². The molecular weight excluding hydrogens is 305 g/mol. The highest BCUT2D eigenvalue weighted by Gasteiger charge is 2.33. The molecule has 1 heterocycles. The molecule has 0 saturated carbocycles. The van der Waals surface area contributed by atoms with Gasteiger partial charge in [-0.05, 0) is 43.2 Å². The van der Waals surface area contributed by atoms with Gasteiger partial charge >= 0.3 is 0 Å². The molecule has 4 nitrogen and oxygen atoms in total. The maximum Gasteiger partial charge on any atom is 0.225 e. The zero-order valence-electron chi connectivity index (χ0n) is 13.4. The van der Waals surface area contributed by atoms with Gasteiger partial charge in [-0.25, -0.2) is 4.39 Å². The van der Waals surface area contributed by atoms with Crippen LogP contribution in [-0.4, -0.2) is 11.9 Å². The van der Waals surface area contributed by atoms with Crippen molar-refractivity contribution < 1.29 is 9.18 Å². The normalized spacial score (nSPS) is 19.5. The van der Waals surface area contributed by atoms with E-state index in [1.54, 1.807) is 6.07 Å². The molecule has 3 rings (SSSR count). The van der Waals surface area contributed by atoms with Crippen molar-refractivity contribution in [3.8, 4) is 6.07 Å². The highest BCUT2D eigenvalue weighted by molar-refractivity contribution is 5.85. The number of carbonyl (C=O) groups excluding carboxylic acids is 1. The second-order valence-electron chi connectivity index (χ2n) is 6.14. The van der Waals surface area contributed by atoms with Gasteiger partial charge in [-0.1, -0.05) is 18.2 Å². The molecule has 0 aliphatic carbocycles. The molecule has 0 bridgehead atoms. The molecule has 0 spiro atoms. The van der Waals surface area contributed by atoms with E-state index in [9.17, 15) is 9.18 Å². The first kappa shape index (κ1) is 16.0. The first-order valence-electron chi connectivity index (χ1n) is 7.84. The Bertz CT molecular complexity index is 828. The van der Waals surface area contributed by atoms with Crippen molar-refractivity contribution in [1.29, 1.82) is 5.26 Å². The number of hydrogen-bond donors (Lipinski definition) is 1. The van der Waals surface area contributed by atoms with Gasteiger partial charge in [0.05, 0.1) is 17.6 Å². The summed E-state index contributed by atoms with van der Waals surface area (Å²) in [6.45, 7) is 2.34. The van der Waals surface area contributed by atoms with Gasteiger partial charge in [0.1, 0.15) is 5.82 Å². The summed E-state index contributed by atoms with van der Waals surface area (Å²) in [5.41, 5.74) is 8.21. The minimum atomic E-state index is -0.341. The van der Waals surface area contributed by atoms with Gasteiger partial charge in [0.25, 0.3) is 0 Å². The van der Waals surface area contributed by atoms with Gasteiger partial charge in [0.2, 0.25) is 5.91 Å². The van der Waals surface area contributed by atoms with Crippen molar-refractivity contribution in [2.75, 3.05) is 4.90 Å². The summed E-state index contributed by atoms with van der Waals surface area (Å²) in [6, 6.07) is 14.0. The average molecular weight is 323 g/mol. The van der Waals surface area contributed by atoms with Crippen LogP contribution in [0.2, 0.25) is 0 Å². The number of fused-ring (bicyclic) bond motifs is 1. The lowest BCUT2D eigenvalue weighted by Crippen LogP contribution is -2.41. The molecule has 2 aromatic carbocycles. The summed E-state index contributed by atoms with van der Waals surface area (Å²) < 4.78 is 14.2. The van der Waals surface area contributed by atoms with Crippen LogP contribution in [0.3, 0.4) is 0 Å². The maximum atomic E-state index is 14.2. The van der Waals surface area contributed by atoms with Crippen LogP contribution in [-0.2, 0) is 11.3 Å². The maximum absolute atomic E-state index is 14.2. The third-order valence-corrected chi connectivity index (χ3v) is 4.59. The summed E-state index contributed by atoms with van der Waals surface area (Å²) >= 11 is 0. The van der Waals surface area contributed by atoms with Crippen LogP contribution in [0.5, 0.6) is 0 Å². The topological polar surface area (TPSA) is 70.1 Å². The van der Waals surface area contributed by atoms with Crippen LogP contribution in [0.1, 0.15) is 36.0 Å². The Hall–Kier alpha value is -2.87. The molecule has 0 radical (unpaired) electrons. The van der Waals surface area contributed by atoms with Crippen LogP contribution in [0, 0.1) is 17.1 Å². The standard InChI is InChI=1S/C19H18FN3O/c1-12-8-16(19(22)24)15-4-2-3-5-18(15)23(12)11-14-9-13(10-21)6-7-17(14)20/h2-7,9,12,16H,8,11H2,1H3,(H2,22,24)/t12-,16-/m1/s1. The molecule has 0 unspecified atom stereocenters. The summed E-state index contributed by atoms with van der Waals surface area (Å²) in [6.07, 6.45) is 0.589. The molecule has 122 valence electrons. The van der Waals surface area contributed by atoms with E-state index in [4.69, 9.17) is 11.0 Å². The van der Waals surface area contributed by atoms with E-state index in [2.05, 4.69) is 4.90 Å². The number of para-hydroxylation sites is 1. The highest BCUT2D eigenvalue weighted by atomic mass is 19.1. The number of amides is 1. The number of anilines is 1. The Balaban J connectivity index is 2.01. The predicted molar refractivity (Wildman–Crippen MR) is 89.8 cm³/mol. The number of benzene rings is 2. The largest absolute Gasteiger partial charge is 0.369 e. The number of primary amides is 1. The average Bonchev–Trinajstić information content (AvgIpc) is 2.58. The van der Waals surface area contributed by atoms with E-state index in [0.29, 0.717) is 24.1 Å². The quantitative estimate of drug-likeness (QED) is 0.943. The fourth-order valence-corrected chi connectivity index (χ4v) is 3.34. The molecule has 1 aliphatic rings. The van der Waals surface area contributed by atoms with Gasteiger partial charge in [-0.15, -0.1) is 0 Å². The molecule has 24 heavy (non-hydrogen) atoms. The van der Waals surface area contributed by atoms with Gasteiger partial charge in [-0.3, -0.25) is 4.79 Å². The fraction of sp³-hybridized carbons (Fsp3) is 0.263. The van der Waals surface area contributed by atoms with Crippen LogP contribution >= 0.6 is 0 Å². The summed E-state index contributed by atoms with van der Waals surface area (Å²) in [5, 5.41) is 9.03. The van der Waals surface area contributed by atoms with Crippen molar-refractivity contribution in [2.24, 2.45) is 5.73 Å². The highest BCUT2D eigenvalue weighted by Crippen LogP contribution is 2.39. The van der Waals surface area contributed by atoms with Gasteiger partial charge in [-0.2, -0.15) is 5.26 Å². The minimum absolute atomic E-state index is 0.0301. The lowest BCUT2D eigenvalue weighted by molar-refractivity contribution is -0.119. The number of hydrogen-bond acceptors (Lipinski definition) is 3. The zero-order valence-corrected chi connectivity index (χ0v) is 13.4. The Morgan fingerprint density at radius 2 is 2.12 bits per heavy atom. The number of rotatable bonds is 3. The van der Waals surface area contributed by atoms with Crippen LogP contribution in [0.4, 0.5) is 10.1 Å². The number of nitriles is 1. The lowest BCUT2D eigenvalue weighted by atomic mass is 9.85. The van der Waals surface area contributed by atoms with Gasteiger partial charge < -0.3 is 10.6 Å². The molecule has 0 saturated heterocycles. The first-order chi connectivity index (χ1) is 11.5. The summed E-state index contributed by atoms with van der Waals surface area (Å²) in [4.78, 5) is 13.8. The number of nitrogens with zero attached hydrogens (tertiary/aromatic N) is 2. The SMILES string of the molecule is C[C@@H]1C[C@@H](C(N)=O)c2ccccc2N1Cc1cc(C#N)ccc1F. The Kier molecular flexibility index (Phi) is 4.22. The van der Waals surface area contributed by atoms with E-state index in [1.165, 1.54) is 12.1 Å². The van der Waals surface area contributed by atoms with Crippen molar-refractivity contribution >= 4 is 11.6 Å². The van der Waals surface area contributed by atoms with Gasteiger partial charge in [0, 0.05) is 23.8 Å². The van der Waals surface area contributed by atoms with Crippen molar-refractivity contribution in [2.45, 2.75) is 31.8 Å². The fourth-order valence-electron chi connectivity index (χ4n) is 3.34. The van der Waals surface area contributed by atoms with Crippen LogP contribution < -0.4 is 10.6 Å². The molecule has 0 aromatic heterocycles. The van der Waals surface area contributed by atoms with E-state index >= 15 is 0 Å². The second-order valence-corrected chi connectivity index (χ2v) is 6.14. The van der Waals surface area contributed by atoms with E-state index in [1.807, 2.05) is 37.3 Å². The van der Waals surface area contributed by atoms with Crippen molar-refractivity contribution in [1.82, 2.24) is 0 Å². The Morgan fingerprint density at radius 3 is 2.83 bits per heavy atom. The van der Waals surface area contributed by atoms with E-state index < -0.39 is 0 Å². The van der Waals surface area contributed by atoms with Crippen LogP contribution in [0.15, 0.2) is 42.5 Å². The van der Waals surface area contributed by atoms with Crippen LogP contribution in [0.25, 0.3) is 0 Å². The molecule has 2 aromatic rings. The van der Waals surface area contributed by atoms with E-state index in [-0.39, 0.29) is 23.7 Å². The molecule has 0 fully saturated rings. The number of nitrogens with two attached hydrogens (primary N) is 1. The summed E-state index contributed by atoms with van der Waals surface area (Å²) in [5.74, 6) is -1.01.